The monoisotopic (exact) mass is 205 g/mol. The number of nitrogens with one attached hydrogen (secondary N) is 1. The predicted octanol–water partition coefficient (Wildman–Crippen LogP) is 1.78. The van der Waals surface area contributed by atoms with Crippen LogP contribution in [0, 0.1) is 5.41 Å². The molecule has 0 rings (SSSR count). The molecule has 0 aromatic heterocycles. The number of rotatable bonds is 5. The summed E-state index contributed by atoms with van der Waals surface area (Å²) in [4.78, 5) is 0. The minimum Gasteiger partial charge on any atom is -0.316 e. The van der Waals surface area contributed by atoms with E-state index < -0.39 is 10.8 Å². The fourth-order valence-corrected chi connectivity index (χ4v) is 1.24. The third-order valence-corrected chi connectivity index (χ3v) is 3.35. The first-order chi connectivity index (χ1) is 5.83. The lowest BCUT2D eigenvalue weighted by molar-refractivity contribution is 0.367. The first-order valence-corrected chi connectivity index (χ1v) is 6.48. The molecule has 0 aromatic rings. The molecule has 0 aliphatic carbocycles. The lowest BCUT2D eigenvalue weighted by Gasteiger charge is -2.18. The summed E-state index contributed by atoms with van der Waals surface area (Å²) in [5, 5.41) is 3.59. The maximum atomic E-state index is 11.0. The summed E-state index contributed by atoms with van der Waals surface area (Å²) in [7, 11) is -0.697. The van der Waals surface area contributed by atoms with Crippen LogP contribution in [0.1, 0.15) is 34.1 Å². The van der Waals surface area contributed by atoms with Gasteiger partial charge in [-0.25, -0.2) is 0 Å². The molecular formula is C10H23NOS. The zero-order valence-corrected chi connectivity index (χ0v) is 10.3. The molecule has 0 saturated heterocycles. The van der Waals surface area contributed by atoms with E-state index in [0.29, 0.717) is 5.41 Å². The average molecular weight is 205 g/mol. The molecule has 2 atom stereocenters. The van der Waals surface area contributed by atoms with E-state index in [1.165, 1.54) is 0 Å². The summed E-state index contributed by atoms with van der Waals surface area (Å²) in [6.45, 7) is 10.6. The molecule has 0 heterocycles. The molecule has 0 saturated carbocycles. The van der Waals surface area contributed by atoms with Gasteiger partial charge in [-0.3, -0.25) is 4.21 Å². The van der Waals surface area contributed by atoms with Crippen molar-refractivity contribution in [2.45, 2.75) is 39.4 Å². The van der Waals surface area contributed by atoms with Gasteiger partial charge in [0.15, 0.2) is 0 Å². The normalized spacial score (nSPS) is 17.0. The first-order valence-electron chi connectivity index (χ1n) is 4.86. The molecule has 1 N–H and O–H groups in total. The third kappa shape index (κ3) is 8.44. The van der Waals surface area contributed by atoms with Gasteiger partial charge in [0.05, 0.1) is 0 Å². The van der Waals surface area contributed by atoms with Gasteiger partial charge in [-0.1, -0.05) is 20.8 Å². The van der Waals surface area contributed by atoms with Gasteiger partial charge in [-0.15, -0.1) is 0 Å². The Balaban J connectivity index is 3.41. The Morgan fingerprint density at radius 3 is 2.31 bits per heavy atom. The quantitative estimate of drug-likeness (QED) is 0.693. The first kappa shape index (κ1) is 13.1. The molecule has 0 spiro atoms. The Kier molecular flexibility index (Phi) is 5.81. The molecule has 0 aliphatic rings. The maximum absolute atomic E-state index is 11.0. The van der Waals surface area contributed by atoms with Crippen LogP contribution in [0.2, 0.25) is 0 Å². The Hall–Kier alpha value is 0.110. The lowest BCUT2D eigenvalue weighted by Crippen LogP contribution is -2.29. The Labute approximate surface area is 84.9 Å². The van der Waals surface area contributed by atoms with Crippen LogP contribution in [0.25, 0.3) is 0 Å². The SMILES string of the molecule is CC(CNCCC(C)(C)C)S(C)=O. The van der Waals surface area contributed by atoms with Gasteiger partial charge in [-0.05, 0) is 25.3 Å². The van der Waals surface area contributed by atoms with Crippen LogP contribution >= 0.6 is 0 Å². The molecule has 0 amide bonds. The van der Waals surface area contributed by atoms with Crippen LogP contribution in [-0.4, -0.2) is 28.8 Å². The van der Waals surface area contributed by atoms with E-state index in [4.69, 9.17) is 0 Å². The molecule has 0 radical (unpaired) electrons. The lowest BCUT2D eigenvalue weighted by atomic mass is 9.92. The molecule has 3 heteroatoms. The molecule has 0 aliphatic heterocycles. The fourth-order valence-electron chi connectivity index (χ4n) is 0.886. The van der Waals surface area contributed by atoms with Crippen molar-refractivity contribution in [3.8, 4) is 0 Å². The number of hydrogen-bond donors (Lipinski definition) is 1. The summed E-state index contributed by atoms with van der Waals surface area (Å²) >= 11 is 0. The maximum Gasteiger partial charge on any atom is 0.0441 e. The van der Waals surface area contributed by atoms with E-state index in [1.54, 1.807) is 6.26 Å². The Morgan fingerprint density at radius 1 is 1.38 bits per heavy atom. The smallest absolute Gasteiger partial charge is 0.0441 e. The van der Waals surface area contributed by atoms with Crippen LogP contribution in [0.5, 0.6) is 0 Å². The molecule has 0 bridgehead atoms. The van der Waals surface area contributed by atoms with Crippen molar-refractivity contribution in [3.05, 3.63) is 0 Å². The van der Waals surface area contributed by atoms with E-state index in [2.05, 4.69) is 26.1 Å². The summed E-state index contributed by atoms with van der Waals surface area (Å²) in [6.07, 6.45) is 2.92. The second kappa shape index (κ2) is 5.76. The van der Waals surface area contributed by atoms with Gasteiger partial charge in [0.1, 0.15) is 0 Å². The van der Waals surface area contributed by atoms with Crippen LogP contribution < -0.4 is 5.32 Å². The zero-order valence-electron chi connectivity index (χ0n) is 9.52. The average Bonchev–Trinajstić information content (AvgIpc) is 1.95. The van der Waals surface area contributed by atoms with Crippen molar-refractivity contribution in [2.75, 3.05) is 19.3 Å². The second-order valence-electron chi connectivity index (χ2n) is 4.82. The highest BCUT2D eigenvalue weighted by Crippen LogP contribution is 2.16. The van der Waals surface area contributed by atoms with Crippen molar-refractivity contribution in [2.24, 2.45) is 5.41 Å². The zero-order chi connectivity index (χ0) is 10.5. The fraction of sp³-hybridized carbons (Fsp3) is 1.00. The van der Waals surface area contributed by atoms with Gasteiger partial charge in [0, 0.05) is 28.9 Å². The van der Waals surface area contributed by atoms with E-state index in [-0.39, 0.29) is 5.25 Å². The Morgan fingerprint density at radius 2 is 1.92 bits per heavy atom. The largest absolute Gasteiger partial charge is 0.316 e. The summed E-state index contributed by atoms with van der Waals surface area (Å²) in [6, 6.07) is 0. The molecule has 0 aromatic carbocycles. The molecular weight excluding hydrogens is 182 g/mol. The predicted molar refractivity (Wildman–Crippen MR) is 60.5 cm³/mol. The van der Waals surface area contributed by atoms with Gasteiger partial charge in [-0.2, -0.15) is 0 Å². The van der Waals surface area contributed by atoms with E-state index in [1.807, 2.05) is 6.92 Å². The van der Waals surface area contributed by atoms with Gasteiger partial charge < -0.3 is 5.32 Å². The highest BCUT2D eigenvalue weighted by Gasteiger charge is 2.10. The van der Waals surface area contributed by atoms with Crippen LogP contribution in [0.4, 0.5) is 0 Å². The van der Waals surface area contributed by atoms with Gasteiger partial charge in [0.25, 0.3) is 0 Å². The molecule has 13 heavy (non-hydrogen) atoms. The van der Waals surface area contributed by atoms with Crippen molar-refractivity contribution >= 4 is 10.8 Å². The van der Waals surface area contributed by atoms with Gasteiger partial charge >= 0.3 is 0 Å². The summed E-state index contributed by atoms with van der Waals surface area (Å²) < 4.78 is 11.0. The van der Waals surface area contributed by atoms with Crippen molar-refractivity contribution in [1.82, 2.24) is 5.32 Å². The number of hydrogen-bond acceptors (Lipinski definition) is 2. The van der Waals surface area contributed by atoms with Crippen LogP contribution in [0.3, 0.4) is 0 Å². The van der Waals surface area contributed by atoms with E-state index >= 15 is 0 Å². The van der Waals surface area contributed by atoms with Crippen LogP contribution in [-0.2, 0) is 10.8 Å². The summed E-state index contributed by atoms with van der Waals surface area (Å²) in [5.74, 6) is 0. The van der Waals surface area contributed by atoms with Crippen molar-refractivity contribution < 1.29 is 4.21 Å². The van der Waals surface area contributed by atoms with E-state index in [0.717, 1.165) is 19.5 Å². The summed E-state index contributed by atoms with van der Waals surface area (Å²) in [5.41, 5.74) is 0.390. The molecule has 80 valence electrons. The van der Waals surface area contributed by atoms with Gasteiger partial charge in [0.2, 0.25) is 0 Å². The minimum atomic E-state index is -0.697. The van der Waals surface area contributed by atoms with E-state index in [9.17, 15) is 4.21 Å². The van der Waals surface area contributed by atoms with Crippen LogP contribution in [0.15, 0.2) is 0 Å². The third-order valence-electron chi connectivity index (χ3n) is 2.05. The Bertz CT molecular complexity index is 163. The van der Waals surface area contributed by atoms with Crippen molar-refractivity contribution in [3.63, 3.8) is 0 Å². The highest BCUT2D eigenvalue weighted by molar-refractivity contribution is 7.84. The minimum absolute atomic E-state index is 0.264. The molecule has 0 fully saturated rings. The molecule has 2 unspecified atom stereocenters. The second-order valence-corrected chi connectivity index (χ2v) is 6.63. The highest BCUT2D eigenvalue weighted by atomic mass is 32.2. The molecule has 2 nitrogen and oxygen atoms in total. The standard InChI is InChI=1S/C10H23NOS/c1-9(13(5)12)8-11-7-6-10(2,3)4/h9,11H,6-8H2,1-5H3. The van der Waals surface area contributed by atoms with Crippen molar-refractivity contribution in [1.29, 1.82) is 0 Å². The topological polar surface area (TPSA) is 29.1 Å².